The summed E-state index contributed by atoms with van der Waals surface area (Å²) in [4.78, 5) is 11.3. The number of carbonyl (C=O) groups is 1. The highest BCUT2D eigenvalue weighted by Gasteiger charge is 2.25. The molecule has 0 bridgehead atoms. The number of rotatable bonds is 2. The Hall–Kier alpha value is -1.84. The molecule has 0 amide bonds. The summed E-state index contributed by atoms with van der Waals surface area (Å²) in [6.07, 6.45) is 0.579. The van der Waals surface area contributed by atoms with Crippen LogP contribution in [0.1, 0.15) is 23.6 Å². The van der Waals surface area contributed by atoms with Crippen molar-refractivity contribution in [2.45, 2.75) is 19.4 Å². The average molecular weight is 218 g/mol. The fourth-order valence-electron chi connectivity index (χ4n) is 1.68. The average Bonchev–Trinajstić information content (AvgIpc) is 2.78. The monoisotopic (exact) mass is 218 g/mol. The fourth-order valence-corrected chi connectivity index (χ4v) is 1.68. The molecule has 1 N–H and O–H groups in total. The van der Waals surface area contributed by atoms with Crippen molar-refractivity contribution in [2.24, 2.45) is 5.10 Å². The number of methoxy groups -OCH3 is 1. The first kappa shape index (κ1) is 10.7. The van der Waals surface area contributed by atoms with Crippen LogP contribution in [-0.2, 0) is 9.53 Å². The van der Waals surface area contributed by atoms with Gasteiger partial charge in [-0.2, -0.15) is 5.10 Å². The molecule has 4 heteroatoms. The molecule has 0 saturated carbocycles. The van der Waals surface area contributed by atoms with Gasteiger partial charge in [0.1, 0.15) is 5.71 Å². The third-order valence-electron chi connectivity index (χ3n) is 2.65. The molecule has 1 aliphatic heterocycles. The number of nitrogens with zero attached hydrogens (tertiary/aromatic N) is 1. The zero-order valence-corrected chi connectivity index (χ0v) is 9.36. The van der Waals surface area contributed by atoms with Gasteiger partial charge in [-0.15, -0.1) is 0 Å². The molecule has 84 valence electrons. The predicted octanol–water partition coefficient (Wildman–Crippen LogP) is 1.56. The highest BCUT2D eigenvalue weighted by molar-refractivity contribution is 6.36. The second kappa shape index (κ2) is 4.35. The van der Waals surface area contributed by atoms with Gasteiger partial charge in [0.2, 0.25) is 0 Å². The first-order valence-corrected chi connectivity index (χ1v) is 5.17. The van der Waals surface area contributed by atoms with Gasteiger partial charge in [-0.3, -0.25) is 0 Å². The van der Waals surface area contributed by atoms with Crippen molar-refractivity contribution in [3.8, 4) is 0 Å². The van der Waals surface area contributed by atoms with Crippen molar-refractivity contribution in [1.29, 1.82) is 0 Å². The molecule has 0 aromatic heterocycles. The molecule has 0 saturated heterocycles. The van der Waals surface area contributed by atoms with Gasteiger partial charge in [-0.1, -0.05) is 29.8 Å². The number of benzene rings is 1. The van der Waals surface area contributed by atoms with Crippen LogP contribution in [0.15, 0.2) is 29.4 Å². The zero-order chi connectivity index (χ0) is 11.5. The van der Waals surface area contributed by atoms with Crippen LogP contribution in [-0.4, -0.2) is 18.8 Å². The van der Waals surface area contributed by atoms with Crippen LogP contribution in [0.2, 0.25) is 0 Å². The first-order valence-electron chi connectivity index (χ1n) is 5.17. The molecule has 1 aromatic rings. The second-order valence-corrected chi connectivity index (χ2v) is 3.85. The molecule has 4 nitrogen and oxygen atoms in total. The Labute approximate surface area is 94.3 Å². The van der Waals surface area contributed by atoms with Crippen molar-refractivity contribution in [3.63, 3.8) is 0 Å². The summed E-state index contributed by atoms with van der Waals surface area (Å²) in [7, 11) is 1.37. The lowest BCUT2D eigenvalue weighted by Gasteiger charge is -2.09. The lowest BCUT2D eigenvalue weighted by molar-refractivity contribution is -0.132. The van der Waals surface area contributed by atoms with Crippen LogP contribution in [0.25, 0.3) is 0 Å². The topological polar surface area (TPSA) is 50.7 Å². The maximum atomic E-state index is 11.3. The van der Waals surface area contributed by atoms with Crippen molar-refractivity contribution in [2.75, 3.05) is 7.11 Å². The number of aryl methyl sites for hydroxylation is 1. The van der Waals surface area contributed by atoms with E-state index in [9.17, 15) is 4.79 Å². The highest BCUT2D eigenvalue weighted by atomic mass is 16.5. The zero-order valence-electron chi connectivity index (χ0n) is 9.36. The highest BCUT2D eigenvalue weighted by Crippen LogP contribution is 2.22. The first-order chi connectivity index (χ1) is 7.70. The third kappa shape index (κ3) is 2.05. The maximum absolute atomic E-state index is 11.3. The summed E-state index contributed by atoms with van der Waals surface area (Å²) in [6.45, 7) is 2.04. The summed E-state index contributed by atoms with van der Waals surface area (Å²) in [6, 6.07) is 8.26. The maximum Gasteiger partial charge on any atom is 0.354 e. The number of carbonyl (C=O) groups excluding carboxylic acids is 1. The Morgan fingerprint density at radius 3 is 2.75 bits per heavy atom. The van der Waals surface area contributed by atoms with Gasteiger partial charge in [0.15, 0.2) is 0 Å². The molecular weight excluding hydrogens is 204 g/mol. The van der Waals surface area contributed by atoms with E-state index in [-0.39, 0.29) is 12.0 Å². The van der Waals surface area contributed by atoms with E-state index in [2.05, 4.69) is 15.3 Å². The van der Waals surface area contributed by atoms with E-state index in [1.54, 1.807) is 0 Å². The van der Waals surface area contributed by atoms with Gasteiger partial charge in [0.05, 0.1) is 13.2 Å². The SMILES string of the molecule is COC(=O)C1=NN[C@@H](c2ccc(C)cc2)C1. The van der Waals surface area contributed by atoms with Crippen molar-refractivity contribution < 1.29 is 9.53 Å². The summed E-state index contributed by atoms with van der Waals surface area (Å²) in [5, 5.41) is 3.98. The van der Waals surface area contributed by atoms with E-state index in [1.807, 2.05) is 31.2 Å². The van der Waals surface area contributed by atoms with E-state index in [0.717, 1.165) is 5.56 Å². The van der Waals surface area contributed by atoms with Gasteiger partial charge >= 0.3 is 5.97 Å². The normalized spacial score (nSPS) is 18.9. The number of ether oxygens (including phenoxy) is 1. The molecule has 0 unspecified atom stereocenters. The molecule has 1 atom stereocenters. The number of hydrogen-bond acceptors (Lipinski definition) is 4. The van der Waals surface area contributed by atoms with Gasteiger partial charge in [-0.05, 0) is 12.5 Å². The van der Waals surface area contributed by atoms with Gasteiger partial charge in [-0.25, -0.2) is 4.79 Å². The summed E-state index contributed by atoms with van der Waals surface area (Å²) < 4.78 is 4.63. The van der Waals surface area contributed by atoms with E-state index in [0.29, 0.717) is 12.1 Å². The van der Waals surface area contributed by atoms with E-state index >= 15 is 0 Å². The fraction of sp³-hybridized carbons (Fsp3) is 0.333. The van der Waals surface area contributed by atoms with Crippen molar-refractivity contribution >= 4 is 11.7 Å². The van der Waals surface area contributed by atoms with Crippen LogP contribution in [0.3, 0.4) is 0 Å². The van der Waals surface area contributed by atoms with Crippen LogP contribution in [0.4, 0.5) is 0 Å². The smallest absolute Gasteiger partial charge is 0.354 e. The second-order valence-electron chi connectivity index (χ2n) is 3.85. The minimum absolute atomic E-state index is 0.0784. The molecule has 16 heavy (non-hydrogen) atoms. The Morgan fingerprint density at radius 1 is 1.44 bits per heavy atom. The van der Waals surface area contributed by atoms with E-state index in [4.69, 9.17) is 0 Å². The lowest BCUT2D eigenvalue weighted by Crippen LogP contribution is -2.14. The molecule has 0 spiro atoms. The summed E-state index contributed by atoms with van der Waals surface area (Å²) in [5.74, 6) is -0.359. The quantitative estimate of drug-likeness (QED) is 0.766. The Morgan fingerprint density at radius 2 is 2.12 bits per heavy atom. The standard InChI is InChI=1S/C12H14N2O2/c1-8-3-5-9(6-4-8)10-7-11(14-13-10)12(15)16-2/h3-6,10,13H,7H2,1-2H3/t10-/m1/s1. The van der Waals surface area contributed by atoms with Crippen LogP contribution in [0, 0.1) is 6.92 Å². The van der Waals surface area contributed by atoms with Crippen LogP contribution < -0.4 is 5.43 Å². The van der Waals surface area contributed by atoms with Gasteiger partial charge < -0.3 is 10.2 Å². The third-order valence-corrected chi connectivity index (χ3v) is 2.65. The molecule has 1 aromatic carbocycles. The molecule has 0 radical (unpaired) electrons. The van der Waals surface area contributed by atoms with Gasteiger partial charge in [0.25, 0.3) is 0 Å². The molecule has 1 aliphatic rings. The largest absolute Gasteiger partial charge is 0.464 e. The minimum atomic E-state index is -0.359. The van der Waals surface area contributed by atoms with Crippen molar-refractivity contribution in [3.05, 3.63) is 35.4 Å². The van der Waals surface area contributed by atoms with Gasteiger partial charge in [0, 0.05) is 6.42 Å². The molecule has 1 heterocycles. The van der Waals surface area contributed by atoms with Crippen LogP contribution in [0.5, 0.6) is 0 Å². The Balaban J connectivity index is 2.06. The number of hydrazone groups is 1. The summed E-state index contributed by atoms with van der Waals surface area (Å²) in [5.41, 5.74) is 5.75. The number of hydrogen-bond donors (Lipinski definition) is 1. The van der Waals surface area contributed by atoms with Crippen LogP contribution >= 0.6 is 0 Å². The lowest BCUT2D eigenvalue weighted by atomic mass is 10.0. The summed E-state index contributed by atoms with van der Waals surface area (Å²) >= 11 is 0. The molecular formula is C12H14N2O2. The Bertz CT molecular complexity index is 423. The van der Waals surface area contributed by atoms with E-state index < -0.39 is 0 Å². The molecule has 0 aliphatic carbocycles. The van der Waals surface area contributed by atoms with Crippen molar-refractivity contribution in [1.82, 2.24) is 5.43 Å². The minimum Gasteiger partial charge on any atom is -0.464 e. The number of nitrogens with one attached hydrogen (secondary N) is 1. The Kier molecular flexibility index (Phi) is 2.90. The predicted molar refractivity (Wildman–Crippen MR) is 61.1 cm³/mol. The number of esters is 1. The molecule has 2 rings (SSSR count). The van der Waals surface area contributed by atoms with E-state index in [1.165, 1.54) is 12.7 Å². The molecule has 0 fully saturated rings.